The van der Waals surface area contributed by atoms with E-state index in [0.717, 1.165) is 30.3 Å². The second-order valence-corrected chi connectivity index (χ2v) is 16.0. The molecule has 0 radical (unpaired) electrons. The Bertz CT molecular complexity index is 3000. The van der Waals surface area contributed by atoms with Crippen molar-refractivity contribution in [1.82, 2.24) is 49.8 Å². The number of benzene rings is 2. The summed E-state index contributed by atoms with van der Waals surface area (Å²) in [4.78, 5) is 26.9. The maximum Gasteiger partial charge on any atom is 0.406 e. The summed E-state index contributed by atoms with van der Waals surface area (Å²) in [5, 5.41) is 55.4. The minimum atomic E-state index is -0.940. The summed E-state index contributed by atoms with van der Waals surface area (Å²) >= 11 is 6.16. The third kappa shape index (κ3) is 12.6. The van der Waals surface area contributed by atoms with Gasteiger partial charge in [-0.2, -0.15) is 4.39 Å². The number of aryl methyl sites for hydroxylation is 2. The van der Waals surface area contributed by atoms with Crippen molar-refractivity contribution in [3.63, 3.8) is 0 Å². The van der Waals surface area contributed by atoms with Gasteiger partial charge in [-0.25, -0.2) is 8.78 Å². The Labute approximate surface area is 394 Å². The highest BCUT2D eigenvalue weighted by atomic mass is 79.9. The van der Waals surface area contributed by atoms with Crippen molar-refractivity contribution in [3.05, 3.63) is 166 Å². The number of nitrogens with zero attached hydrogens (tertiary/aromatic N) is 12. The van der Waals surface area contributed by atoms with Crippen molar-refractivity contribution in [2.45, 2.75) is 65.8 Å². The summed E-state index contributed by atoms with van der Waals surface area (Å²) in [5.74, 6) is -0.779. The summed E-state index contributed by atoms with van der Waals surface area (Å²) in [6.45, 7) is 7.95. The molecule has 67 heavy (non-hydrogen) atoms. The molecular weight excluding hydrogens is 1020 g/mol. The number of halogens is 5. The van der Waals surface area contributed by atoms with Crippen molar-refractivity contribution < 1.29 is 41.9 Å². The molecule has 0 bridgehead atoms. The highest BCUT2D eigenvalue weighted by Gasteiger charge is 2.25. The first-order valence-corrected chi connectivity index (χ1v) is 21.5. The Morgan fingerprint density at radius 1 is 0.716 bits per heavy atom. The first kappa shape index (κ1) is 49.2. The van der Waals surface area contributed by atoms with Gasteiger partial charge in [0.1, 0.15) is 30.4 Å². The van der Waals surface area contributed by atoms with E-state index in [9.17, 15) is 38.5 Å². The smallest absolute Gasteiger partial charge is 0.406 e. The van der Waals surface area contributed by atoms with Crippen LogP contribution < -0.4 is 4.74 Å². The Hall–Kier alpha value is -7.25. The Morgan fingerprint density at radius 3 is 1.66 bits per heavy atom. The normalized spacial score (nSPS) is 11.8. The molecule has 1 N–H and O–H groups in total. The molecule has 0 aliphatic heterocycles. The summed E-state index contributed by atoms with van der Waals surface area (Å²) < 4.78 is 61.1. The number of aliphatic hydroxyl groups is 1. The molecular formula is C42H37Br2F3N12O8. The number of rotatable bonds is 14. The number of pyridine rings is 2. The van der Waals surface area contributed by atoms with Crippen molar-refractivity contribution >= 4 is 43.5 Å². The van der Waals surface area contributed by atoms with E-state index in [1.54, 1.807) is 41.4 Å². The zero-order valence-corrected chi connectivity index (χ0v) is 38.8. The zero-order valence-electron chi connectivity index (χ0n) is 35.6. The lowest BCUT2D eigenvalue weighted by Crippen LogP contribution is -2.09. The SMILES string of the molecule is CCc1cc(Cn2cnnc2-c2ccc(F)cc2C(C)O)on1.CCc1cc(Cn2cnnc2-c2ccc(F)cc2C(C)Oc2cc(Br)cnc2[N+](=O)[O-])on1.O=[N+]([O-])c1ncc(Br)cc1F. The fourth-order valence-electron chi connectivity index (χ4n) is 6.28. The van der Waals surface area contributed by atoms with E-state index in [1.807, 2.05) is 26.0 Å². The summed E-state index contributed by atoms with van der Waals surface area (Å²) in [6.07, 6.45) is 5.52. The highest BCUT2D eigenvalue weighted by molar-refractivity contribution is 9.10. The van der Waals surface area contributed by atoms with Crippen LogP contribution >= 0.6 is 31.9 Å². The van der Waals surface area contributed by atoms with Crippen LogP contribution in [0.15, 0.2) is 104 Å². The molecule has 8 aromatic rings. The fourth-order valence-corrected chi connectivity index (χ4v) is 6.89. The molecule has 0 fully saturated rings. The minimum absolute atomic E-state index is 0.0488. The molecule has 2 aromatic carbocycles. The molecule has 0 amide bonds. The molecule has 20 nitrogen and oxygen atoms in total. The zero-order chi connectivity index (χ0) is 48.4. The van der Waals surface area contributed by atoms with Gasteiger partial charge < -0.3 is 48.3 Å². The molecule has 0 spiro atoms. The van der Waals surface area contributed by atoms with Gasteiger partial charge in [-0.05, 0) is 120 Å². The number of hydrogen-bond donors (Lipinski definition) is 1. The molecule has 6 aromatic heterocycles. The first-order chi connectivity index (χ1) is 32.0. The van der Waals surface area contributed by atoms with Crippen molar-refractivity contribution in [2.75, 3.05) is 0 Å². The van der Waals surface area contributed by atoms with Gasteiger partial charge in [-0.1, -0.05) is 24.2 Å². The van der Waals surface area contributed by atoms with Crippen molar-refractivity contribution in [1.29, 1.82) is 0 Å². The fraction of sp³-hybridized carbons (Fsp3) is 0.238. The highest BCUT2D eigenvalue weighted by Crippen LogP contribution is 2.35. The van der Waals surface area contributed by atoms with Crippen LogP contribution in [0.4, 0.5) is 24.8 Å². The van der Waals surface area contributed by atoms with Crippen LogP contribution in [-0.2, 0) is 25.9 Å². The van der Waals surface area contributed by atoms with Gasteiger partial charge in [0.2, 0.25) is 11.6 Å². The summed E-state index contributed by atoms with van der Waals surface area (Å²) in [7, 11) is 0. The van der Waals surface area contributed by atoms with Gasteiger partial charge in [0.25, 0.3) is 0 Å². The molecule has 0 aliphatic carbocycles. The van der Waals surface area contributed by atoms with E-state index in [2.05, 4.69) is 72.5 Å². The van der Waals surface area contributed by atoms with Crippen molar-refractivity contribution in [2.24, 2.45) is 0 Å². The van der Waals surface area contributed by atoms with Gasteiger partial charge in [0, 0.05) is 41.0 Å². The largest absolute Gasteiger partial charge is 0.478 e. The van der Waals surface area contributed by atoms with Crippen LogP contribution in [0.5, 0.6) is 5.75 Å². The van der Waals surface area contributed by atoms with Gasteiger partial charge >= 0.3 is 11.6 Å². The van der Waals surface area contributed by atoms with Crippen LogP contribution in [0.25, 0.3) is 22.8 Å². The van der Waals surface area contributed by atoms with E-state index in [4.69, 9.17) is 13.8 Å². The average Bonchev–Trinajstić information content (AvgIpc) is 4.13. The average molecular weight is 1050 g/mol. The van der Waals surface area contributed by atoms with Crippen LogP contribution in [-0.4, -0.2) is 64.8 Å². The van der Waals surface area contributed by atoms with Gasteiger partial charge in [0.15, 0.2) is 35.6 Å². The second-order valence-electron chi connectivity index (χ2n) is 14.2. The molecule has 0 aliphatic rings. The molecule has 0 saturated heterocycles. The Kier molecular flexibility index (Phi) is 16.4. The van der Waals surface area contributed by atoms with Gasteiger partial charge in [-0.15, -0.1) is 20.4 Å². The quantitative estimate of drug-likeness (QED) is 0.0785. The Balaban J connectivity index is 0.000000188. The van der Waals surface area contributed by atoms with E-state index in [0.29, 0.717) is 67.5 Å². The monoisotopic (exact) mass is 1050 g/mol. The van der Waals surface area contributed by atoms with Crippen LogP contribution in [0.2, 0.25) is 0 Å². The topological polar surface area (TPSA) is 255 Å². The predicted octanol–water partition coefficient (Wildman–Crippen LogP) is 9.52. The first-order valence-electron chi connectivity index (χ1n) is 19.9. The minimum Gasteiger partial charge on any atom is -0.478 e. The maximum absolute atomic E-state index is 14.2. The molecule has 2 atom stereocenters. The second kappa shape index (κ2) is 22.3. The number of aliphatic hydroxyl groups excluding tert-OH is 1. The molecule has 348 valence electrons. The molecule has 25 heteroatoms. The van der Waals surface area contributed by atoms with E-state index in [1.165, 1.54) is 49.1 Å². The van der Waals surface area contributed by atoms with Crippen LogP contribution in [0.3, 0.4) is 0 Å². The molecule has 2 unspecified atom stereocenters. The lowest BCUT2D eigenvalue weighted by atomic mass is 10.0. The lowest BCUT2D eigenvalue weighted by Gasteiger charge is -2.18. The third-order valence-corrected chi connectivity index (χ3v) is 10.3. The molecule has 6 heterocycles. The summed E-state index contributed by atoms with van der Waals surface area (Å²) in [6, 6.07) is 14.6. The van der Waals surface area contributed by atoms with E-state index in [-0.39, 0.29) is 5.75 Å². The Morgan fingerprint density at radius 2 is 1.19 bits per heavy atom. The predicted molar refractivity (Wildman–Crippen MR) is 238 cm³/mol. The number of ether oxygens (including phenoxy) is 1. The lowest BCUT2D eigenvalue weighted by molar-refractivity contribution is -0.392. The van der Waals surface area contributed by atoms with E-state index >= 15 is 0 Å². The third-order valence-electron chi connectivity index (χ3n) is 9.46. The maximum atomic E-state index is 14.2. The number of hydrogen-bond acceptors (Lipinski definition) is 16. The van der Waals surface area contributed by atoms with Crippen LogP contribution in [0.1, 0.15) is 73.9 Å². The molecule has 0 saturated carbocycles. The van der Waals surface area contributed by atoms with E-state index < -0.39 is 51.1 Å². The number of nitro groups is 2. The number of aromatic nitrogens is 10. The van der Waals surface area contributed by atoms with Gasteiger partial charge in [-0.3, -0.25) is 0 Å². The van der Waals surface area contributed by atoms with Crippen molar-refractivity contribution in [3.8, 4) is 28.5 Å². The van der Waals surface area contributed by atoms with Crippen LogP contribution in [0, 0.1) is 37.7 Å². The summed E-state index contributed by atoms with van der Waals surface area (Å²) in [5.41, 5.74) is 3.79. The molecule has 8 rings (SSSR count). The standard InChI is InChI=1S/C21H18BrFN6O4.C16H17FN4O2.C5H2BrFN2O2/c1-3-15-8-16(33-27-15)10-28-11-25-26-20(28)17-5-4-14(23)7-18(17)12(2)32-19-6-13(22)9-24-21(19)29(30)31;1-3-12-7-13(23-20-12)8-21-9-18-19-16(21)14-5-4-11(17)6-15(14)10(2)22;6-3-1-4(7)5(8-2-3)9(10)11/h4-9,11-12H,3,10H2,1-2H3;4-7,9-10,22H,3,8H2,1-2H3;1-2H. The van der Waals surface area contributed by atoms with Gasteiger partial charge in [0.05, 0.1) is 39.5 Å².